The summed E-state index contributed by atoms with van der Waals surface area (Å²) in [7, 11) is 0. The third kappa shape index (κ3) is 5.26. The summed E-state index contributed by atoms with van der Waals surface area (Å²) < 4.78 is 36.3. The molecule has 1 rings (SSSR count). The highest BCUT2D eigenvalue weighted by atomic mass is 19.4. The number of carboxylic acid groups (broad SMARTS) is 1. The Kier molecular flexibility index (Phi) is 6.62. The third-order valence-electron chi connectivity index (χ3n) is 2.11. The Balaban J connectivity index is 0.000000399. The van der Waals surface area contributed by atoms with E-state index in [0.29, 0.717) is 0 Å². The van der Waals surface area contributed by atoms with E-state index in [-0.39, 0.29) is 0 Å². The Morgan fingerprint density at radius 3 is 1.79 bits per heavy atom. The van der Waals surface area contributed by atoms with E-state index in [1.54, 1.807) is 0 Å². The summed E-state index contributed by atoms with van der Waals surface area (Å²) in [4.78, 5) is 8.90. The number of aliphatic carboxylic acids is 1. The molecule has 1 heterocycles. The van der Waals surface area contributed by atoms with Crippen LogP contribution in [0.15, 0.2) is 0 Å². The minimum atomic E-state index is -5.08. The van der Waals surface area contributed by atoms with E-state index in [0.717, 1.165) is 0 Å². The maximum absolute atomic E-state index is 10.6. The molecule has 11 heteroatoms. The van der Waals surface area contributed by atoms with Gasteiger partial charge in [0.2, 0.25) is 0 Å². The number of rotatable bonds is 1. The molecule has 1 saturated heterocycles. The minimum Gasteiger partial charge on any atom is -0.475 e. The molecule has 8 nitrogen and oxygen atoms in total. The molecule has 0 saturated carbocycles. The van der Waals surface area contributed by atoms with Crippen LogP contribution in [-0.4, -0.2) is 80.1 Å². The van der Waals surface area contributed by atoms with Gasteiger partial charge in [0.05, 0.1) is 6.61 Å². The first-order valence-electron chi connectivity index (χ1n) is 4.81. The van der Waals surface area contributed by atoms with E-state index in [2.05, 4.69) is 4.74 Å². The fourth-order valence-electron chi connectivity index (χ4n) is 1.08. The molecule has 0 aromatic carbocycles. The van der Waals surface area contributed by atoms with Crippen LogP contribution in [0.2, 0.25) is 0 Å². The molecule has 0 radical (unpaired) electrons. The number of aliphatic hydroxyl groups excluding tert-OH is 5. The van der Waals surface area contributed by atoms with Gasteiger partial charge in [-0.3, -0.25) is 0 Å². The Hall–Kier alpha value is -0.980. The summed E-state index contributed by atoms with van der Waals surface area (Å²) in [6.45, 7) is -0.526. The van der Waals surface area contributed by atoms with Crippen molar-refractivity contribution in [2.24, 2.45) is 0 Å². The van der Waals surface area contributed by atoms with Crippen LogP contribution in [0.25, 0.3) is 0 Å². The zero-order valence-electron chi connectivity index (χ0n) is 9.23. The zero-order chi connectivity index (χ0) is 15.4. The van der Waals surface area contributed by atoms with E-state index in [1.807, 2.05) is 0 Å². The Bertz CT molecular complexity index is 291. The molecule has 1 unspecified atom stereocenters. The van der Waals surface area contributed by atoms with Gasteiger partial charge in [-0.25, -0.2) is 4.79 Å². The average Bonchev–Trinajstić information content (AvgIpc) is 2.30. The average molecular weight is 294 g/mol. The third-order valence-corrected chi connectivity index (χ3v) is 2.11. The number of ether oxygens (including phenoxy) is 1. The van der Waals surface area contributed by atoms with E-state index in [4.69, 9.17) is 35.4 Å². The van der Waals surface area contributed by atoms with Crippen LogP contribution in [0, 0.1) is 0 Å². The molecule has 19 heavy (non-hydrogen) atoms. The van der Waals surface area contributed by atoms with Crippen molar-refractivity contribution in [2.45, 2.75) is 36.9 Å². The summed E-state index contributed by atoms with van der Waals surface area (Å²) >= 11 is 0. The van der Waals surface area contributed by atoms with Gasteiger partial charge in [0.15, 0.2) is 6.29 Å². The highest BCUT2D eigenvalue weighted by molar-refractivity contribution is 5.73. The van der Waals surface area contributed by atoms with E-state index >= 15 is 0 Å². The molecule has 5 atom stereocenters. The van der Waals surface area contributed by atoms with Crippen molar-refractivity contribution in [3.63, 3.8) is 0 Å². The number of carbonyl (C=O) groups is 1. The van der Waals surface area contributed by atoms with Gasteiger partial charge in [-0.2, -0.15) is 13.2 Å². The van der Waals surface area contributed by atoms with Crippen molar-refractivity contribution in [1.82, 2.24) is 0 Å². The second-order valence-corrected chi connectivity index (χ2v) is 3.52. The van der Waals surface area contributed by atoms with E-state index < -0.39 is 49.5 Å². The Labute approximate surface area is 104 Å². The lowest BCUT2D eigenvalue weighted by Gasteiger charge is -2.37. The molecule has 0 amide bonds. The fraction of sp³-hybridized carbons (Fsp3) is 0.875. The van der Waals surface area contributed by atoms with Crippen molar-refractivity contribution in [3.8, 4) is 0 Å². The van der Waals surface area contributed by atoms with Gasteiger partial charge in [-0.05, 0) is 0 Å². The molecule has 114 valence electrons. The Morgan fingerprint density at radius 1 is 1.05 bits per heavy atom. The van der Waals surface area contributed by atoms with Crippen LogP contribution >= 0.6 is 0 Å². The number of aliphatic hydroxyl groups is 5. The van der Waals surface area contributed by atoms with Gasteiger partial charge in [-0.15, -0.1) is 0 Å². The maximum Gasteiger partial charge on any atom is 0.490 e. The number of alkyl halides is 3. The molecule has 6 N–H and O–H groups in total. The van der Waals surface area contributed by atoms with Crippen molar-refractivity contribution in [1.29, 1.82) is 0 Å². The highest BCUT2D eigenvalue weighted by Gasteiger charge is 2.42. The molecule has 0 aromatic heterocycles. The van der Waals surface area contributed by atoms with Crippen LogP contribution in [0.5, 0.6) is 0 Å². The van der Waals surface area contributed by atoms with E-state index in [9.17, 15) is 13.2 Å². The molecule has 0 spiro atoms. The maximum atomic E-state index is 10.6. The zero-order valence-corrected chi connectivity index (χ0v) is 9.23. The molecule has 0 aliphatic carbocycles. The van der Waals surface area contributed by atoms with Gasteiger partial charge in [0.1, 0.15) is 24.4 Å². The second-order valence-electron chi connectivity index (χ2n) is 3.52. The largest absolute Gasteiger partial charge is 0.490 e. The van der Waals surface area contributed by atoms with Crippen molar-refractivity contribution in [3.05, 3.63) is 0 Å². The normalized spacial score (nSPS) is 35.3. The lowest BCUT2D eigenvalue weighted by Crippen LogP contribution is -2.58. The summed E-state index contributed by atoms with van der Waals surface area (Å²) in [5, 5.41) is 51.8. The van der Waals surface area contributed by atoms with Gasteiger partial charge in [0, 0.05) is 0 Å². The van der Waals surface area contributed by atoms with Crippen LogP contribution in [-0.2, 0) is 9.53 Å². The first-order chi connectivity index (χ1) is 8.52. The number of hydrogen-bond acceptors (Lipinski definition) is 7. The monoisotopic (exact) mass is 294 g/mol. The molecule has 0 aromatic rings. The standard InChI is InChI=1S/C6H12O6.C2HF3O2/c7-1-2-3(8)4(9)5(10)6(11)12-2;3-2(4,5)1(6)7/h2-11H,1H2;(H,6,7)/t2-,3+,4+,5-,6?;/m1./s1. The second kappa shape index (κ2) is 6.98. The first-order valence-corrected chi connectivity index (χ1v) is 4.81. The molecular weight excluding hydrogens is 281 g/mol. The molecule has 0 bridgehead atoms. The first kappa shape index (κ1) is 18.0. The van der Waals surface area contributed by atoms with Gasteiger partial charge in [0.25, 0.3) is 0 Å². The highest BCUT2D eigenvalue weighted by Crippen LogP contribution is 2.19. The number of hydrogen-bond donors (Lipinski definition) is 6. The lowest BCUT2D eigenvalue weighted by molar-refractivity contribution is -0.286. The van der Waals surface area contributed by atoms with Gasteiger partial charge >= 0.3 is 12.1 Å². The van der Waals surface area contributed by atoms with Gasteiger partial charge in [-0.1, -0.05) is 0 Å². The fourth-order valence-corrected chi connectivity index (χ4v) is 1.08. The topological polar surface area (TPSA) is 148 Å². The molecule has 1 fully saturated rings. The van der Waals surface area contributed by atoms with Crippen LogP contribution in [0.3, 0.4) is 0 Å². The smallest absolute Gasteiger partial charge is 0.475 e. The van der Waals surface area contributed by atoms with E-state index in [1.165, 1.54) is 0 Å². The predicted molar refractivity (Wildman–Crippen MR) is 49.7 cm³/mol. The molecule has 1 aliphatic heterocycles. The van der Waals surface area contributed by atoms with Crippen LogP contribution in [0.4, 0.5) is 13.2 Å². The molecular formula is C8H13F3O8. The quantitative estimate of drug-likeness (QED) is 0.309. The Morgan fingerprint density at radius 2 is 1.47 bits per heavy atom. The van der Waals surface area contributed by atoms with Crippen LogP contribution in [0.1, 0.15) is 0 Å². The molecule has 1 aliphatic rings. The van der Waals surface area contributed by atoms with Crippen LogP contribution < -0.4 is 0 Å². The van der Waals surface area contributed by atoms with Crippen molar-refractivity contribution < 1.29 is 53.3 Å². The lowest BCUT2D eigenvalue weighted by atomic mass is 10.00. The summed E-state index contributed by atoms with van der Waals surface area (Å²) in [6.07, 6.45) is -12.1. The number of carboxylic acids is 1. The predicted octanol–water partition coefficient (Wildman–Crippen LogP) is -2.59. The minimum absolute atomic E-state index is 0.526. The SMILES string of the molecule is O=C(O)C(F)(F)F.OC[C@H]1OC(O)[C@H](O)[C@@H](O)[C@H]1O. The summed E-state index contributed by atoms with van der Waals surface area (Å²) in [5.74, 6) is -2.76. The van der Waals surface area contributed by atoms with Crippen molar-refractivity contribution in [2.75, 3.05) is 6.61 Å². The van der Waals surface area contributed by atoms with Gasteiger partial charge < -0.3 is 35.4 Å². The summed E-state index contributed by atoms with van der Waals surface area (Å²) in [5.41, 5.74) is 0. The summed E-state index contributed by atoms with van der Waals surface area (Å²) in [6, 6.07) is 0. The number of halogens is 3. The van der Waals surface area contributed by atoms with Crippen molar-refractivity contribution >= 4 is 5.97 Å².